The van der Waals surface area contributed by atoms with Crippen LogP contribution >= 0.6 is 0 Å². The van der Waals surface area contributed by atoms with E-state index in [4.69, 9.17) is 5.11 Å². The summed E-state index contributed by atoms with van der Waals surface area (Å²) in [6, 6.07) is 9.99. The summed E-state index contributed by atoms with van der Waals surface area (Å²) in [5.74, 6) is -1.59. The van der Waals surface area contributed by atoms with Crippen LogP contribution in [0.2, 0.25) is 0 Å². The molecular formula is C15H14N2O3. The van der Waals surface area contributed by atoms with Gasteiger partial charge in [-0.15, -0.1) is 0 Å². The lowest BCUT2D eigenvalue weighted by Crippen LogP contribution is -2.15. The van der Waals surface area contributed by atoms with Gasteiger partial charge in [-0.05, 0) is 49.2 Å². The van der Waals surface area contributed by atoms with Gasteiger partial charge in [-0.2, -0.15) is 0 Å². The lowest BCUT2D eigenvalue weighted by molar-refractivity contribution is 0.0690. The van der Waals surface area contributed by atoms with Crippen molar-refractivity contribution in [2.45, 2.75) is 13.8 Å². The van der Waals surface area contributed by atoms with E-state index in [1.165, 1.54) is 18.2 Å². The van der Waals surface area contributed by atoms with Crippen LogP contribution in [0, 0.1) is 13.8 Å². The van der Waals surface area contributed by atoms with Gasteiger partial charge in [0.15, 0.2) is 0 Å². The maximum Gasteiger partial charge on any atom is 0.354 e. The number of pyridine rings is 1. The summed E-state index contributed by atoms with van der Waals surface area (Å²) in [5.41, 5.74) is 2.65. The third kappa shape index (κ3) is 3.20. The zero-order chi connectivity index (χ0) is 14.7. The first-order valence-electron chi connectivity index (χ1n) is 6.06. The molecule has 0 fully saturated rings. The van der Waals surface area contributed by atoms with Gasteiger partial charge in [0.1, 0.15) is 11.4 Å². The molecule has 0 aliphatic heterocycles. The Morgan fingerprint density at radius 3 is 2.25 bits per heavy atom. The molecule has 0 spiro atoms. The van der Waals surface area contributed by atoms with Crippen molar-refractivity contribution in [3.8, 4) is 0 Å². The summed E-state index contributed by atoms with van der Waals surface area (Å²) in [7, 11) is 0. The van der Waals surface area contributed by atoms with Crippen molar-refractivity contribution < 1.29 is 14.7 Å². The highest BCUT2D eigenvalue weighted by Crippen LogP contribution is 2.14. The molecule has 2 rings (SSSR count). The summed E-state index contributed by atoms with van der Waals surface area (Å²) in [6.07, 6.45) is 0. The van der Waals surface area contributed by atoms with Crippen molar-refractivity contribution in [2.75, 3.05) is 5.32 Å². The predicted molar refractivity (Wildman–Crippen MR) is 75.1 cm³/mol. The minimum absolute atomic E-state index is 0.0732. The van der Waals surface area contributed by atoms with Gasteiger partial charge >= 0.3 is 5.97 Å². The van der Waals surface area contributed by atoms with E-state index >= 15 is 0 Å². The number of amides is 1. The van der Waals surface area contributed by atoms with Crippen molar-refractivity contribution >= 4 is 17.6 Å². The highest BCUT2D eigenvalue weighted by molar-refractivity contribution is 6.03. The second kappa shape index (κ2) is 5.52. The molecule has 0 saturated carbocycles. The van der Waals surface area contributed by atoms with Crippen LogP contribution in [0.3, 0.4) is 0 Å². The Labute approximate surface area is 116 Å². The number of anilines is 1. The summed E-state index contributed by atoms with van der Waals surface area (Å²) < 4.78 is 0. The maximum absolute atomic E-state index is 12.0. The Bertz CT molecular complexity index is 660. The molecule has 1 heterocycles. The topological polar surface area (TPSA) is 79.3 Å². The Morgan fingerprint density at radius 2 is 1.65 bits per heavy atom. The molecule has 2 aromatic rings. The molecule has 5 heteroatoms. The molecule has 20 heavy (non-hydrogen) atoms. The first-order valence-corrected chi connectivity index (χ1v) is 6.06. The fraction of sp³-hybridized carbons (Fsp3) is 0.133. The Morgan fingerprint density at radius 1 is 1.05 bits per heavy atom. The molecule has 0 saturated heterocycles. The zero-order valence-corrected chi connectivity index (χ0v) is 11.2. The molecule has 1 aromatic carbocycles. The van der Waals surface area contributed by atoms with Crippen molar-refractivity contribution in [1.82, 2.24) is 4.98 Å². The van der Waals surface area contributed by atoms with Gasteiger partial charge in [-0.1, -0.05) is 12.1 Å². The van der Waals surface area contributed by atoms with E-state index in [-0.39, 0.29) is 11.4 Å². The average molecular weight is 270 g/mol. The molecule has 0 unspecified atom stereocenters. The largest absolute Gasteiger partial charge is 0.477 e. The lowest BCUT2D eigenvalue weighted by atomic mass is 10.1. The van der Waals surface area contributed by atoms with Crippen LogP contribution in [0.1, 0.15) is 32.1 Å². The SMILES string of the molecule is Cc1cc(C)cc(NC(=O)c2cccc(C(=O)O)n2)c1. The van der Waals surface area contributed by atoms with Crippen molar-refractivity contribution in [1.29, 1.82) is 0 Å². The number of carboxylic acid groups (broad SMARTS) is 1. The molecule has 0 aliphatic rings. The lowest BCUT2D eigenvalue weighted by Gasteiger charge is -2.07. The number of aromatic nitrogens is 1. The van der Waals surface area contributed by atoms with E-state index < -0.39 is 11.9 Å². The smallest absolute Gasteiger partial charge is 0.354 e. The Hall–Kier alpha value is -2.69. The van der Waals surface area contributed by atoms with Gasteiger partial charge < -0.3 is 10.4 Å². The number of rotatable bonds is 3. The van der Waals surface area contributed by atoms with Gasteiger partial charge in [0.2, 0.25) is 0 Å². The highest BCUT2D eigenvalue weighted by atomic mass is 16.4. The number of carbonyl (C=O) groups is 2. The number of hydrogen-bond acceptors (Lipinski definition) is 3. The standard InChI is InChI=1S/C15H14N2O3/c1-9-6-10(2)8-11(7-9)16-14(18)12-4-3-5-13(17-12)15(19)20/h3-8H,1-2H3,(H,16,18)(H,19,20). The number of nitrogens with zero attached hydrogens (tertiary/aromatic N) is 1. The maximum atomic E-state index is 12.0. The second-order valence-corrected chi connectivity index (χ2v) is 4.54. The second-order valence-electron chi connectivity index (χ2n) is 4.54. The van der Waals surface area contributed by atoms with Crippen LogP contribution in [0.4, 0.5) is 5.69 Å². The third-order valence-corrected chi connectivity index (χ3v) is 2.68. The van der Waals surface area contributed by atoms with Gasteiger partial charge in [0, 0.05) is 5.69 Å². The molecule has 0 radical (unpaired) electrons. The average Bonchev–Trinajstić information content (AvgIpc) is 2.37. The monoisotopic (exact) mass is 270 g/mol. The summed E-state index contributed by atoms with van der Waals surface area (Å²) in [6.45, 7) is 3.87. The van der Waals surface area contributed by atoms with Crippen molar-refractivity contribution in [3.05, 3.63) is 58.9 Å². The van der Waals surface area contributed by atoms with Crippen LogP contribution in [-0.4, -0.2) is 22.0 Å². The predicted octanol–water partition coefficient (Wildman–Crippen LogP) is 2.65. The molecule has 1 amide bonds. The molecule has 1 aromatic heterocycles. The van der Waals surface area contributed by atoms with E-state index in [1.807, 2.05) is 32.0 Å². The third-order valence-electron chi connectivity index (χ3n) is 2.68. The Balaban J connectivity index is 2.23. The number of nitrogens with one attached hydrogen (secondary N) is 1. The molecule has 0 bridgehead atoms. The number of benzene rings is 1. The molecular weight excluding hydrogens is 256 g/mol. The highest BCUT2D eigenvalue weighted by Gasteiger charge is 2.11. The van der Waals surface area contributed by atoms with Gasteiger partial charge in [-0.25, -0.2) is 9.78 Å². The van der Waals surface area contributed by atoms with E-state index in [1.54, 1.807) is 0 Å². The molecule has 0 aliphatic carbocycles. The van der Waals surface area contributed by atoms with E-state index in [0.717, 1.165) is 11.1 Å². The molecule has 0 atom stereocenters. The quantitative estimate of drug-likeness (QED) is 0.898. The number of aromatic carboxylic acids is 1. The van der Waals surface area contributed by atoms with Crippen LogP contribution in [0.15, 0.2) is 36.4 Å². The number of aryl methyl sites for hydroxylation is 2. The molecule has 5 nitrogen and oxygen atoms in total. The minimum Gasteiger partial charge on any atom is -0.477 e. The van der Waals surface area contributed by atoms with Gasteiger partial charge in [0.05, 0.1) is 0 Å². The number of hydrogen-bond donors (Lipinski definition) is 2. The van der Waals surface area contributed by atoms with Crippen LogP contribution in [-0.2, 0) is 0 Å². The summed E-state index contributed by atoms with van der Waals surface area (Å²) in [5, 5.41) is 11.6. The first-order chi connectivity index (χ1) is 9.45. The van der Waals surface area contributed by atoms with Crippen LogP contribution in [0.5, 0.6) is 0 Å². The molecule has 102 valence electrons. The van der Waals surface area contributed by atoms with Crippen LogP contribution < -0.4 is 5.32 Å². The van der Waals surface area contributed by atoms with E-state index in [9.17, 15) is 9.59 Å². The fourth-order valence-corrected chi connectivity index (χ4v) is 1.92. The van der Waals surface area contributed by atoms with E-state index in [2.05, 4.69) is 10.3 Å². The van der Waals surface area contributed by atoms with E-state index in [0.29, 0.717) is 5.69 Å². The fourth-order valence-electron chi connectivity index (χ4n) is 1.92. The number of carbonyl (C=O) groups excluding carboxylic acids is 1. The van der Waals surface area contributed by atoms with Crippen LogP contribution in [0.25, 0.3) is 0 Å². The number of carboxylic acids is 1. The van der Waals surface area contributed by atoms with Crippen molar-refractivity contribution in [3.63, 3.8) is 0 Å². The van der Waals surface area contributed by atoms with Crippen molar-refractivity contribution in [2.24, 2.45) is 0 Å². The summed E-state index contributed by atoms with van der Waals surface area (Å²) >= 11 is 0. The zero-order valence-electron chi connectivity index (χ0n) is 11.2. The Kier molecular flexibility index (Phi) is 3.79. The summed E-state index contributed by atoms with van der Waals surface area (Å²) in [4.78, 5) is 26.7. The van der Waals surface area contributed by atoms with Gasteiger partial charge in [0.25, 0.3) is 5.91 Å². The minimum atomic E-state index is -1.16. The van der Waals surface area contributed by atoms with Gasteiger partial charge in [-0.3, -0.25) is 4.79 Å². The molecule has 2 N–H and O–H groups in total. The first kappa shape index (κ1) is 13.7. The normalized spacial score (nSPS) is 10.1.